The van der Waals surface area contributed by atoms with Crippen LogP contribution in [0.2, 0.25) is 0 Å². The third-order valence-corrected chi connectivity index (χ3v) is 6.27. The summed E-state index contributed by atoms with van der Waals surface area (Å²) in [5, 5.41) is 7.53. The van der Waals surface area contributed by atoms with Crippen LogP contribution in [0.1, 0.15) is 116 Å². The Hall–Kier alpha value is -0.770. The van der Waals surface area contributed by atoms with E-state index in [4.69, 9.17) is 10.7 Å². The standard InChI is InChI=1S/C23H46N4/c24-19-13-5-3-1-2-4-6-14-20-25-23(26-21-15-9-7-10-16-21)27-22-17-11-8-12-18-22/h21-22H,1-20,24H2,(H2,25,26,27). The van der Waals surface area contributed by atoms with Gasteiger partial charge in [0.15, 0.2) is 5.96 Å². The predicted octanol–water partition coefficient (Wildman–Crippen LogP) is 5.27. The van der Waals surface area contributed by atoms with Crippen LogP contribution in [0.3, 0.4) is 0 Å². The molecule has 2 rings (SSSR count). The minimum Gasteiger partial charge on any atom is -0.354 e. The van der Waals surface area contributed by atoms with E-state index in [0.717, 1.165) is 19.0 Å². The van der Waals surface area contributed by atoms with E-state index in [1.54, 1.807) is 0 Å². The molecular formula is C23H46N4. The van der Waals surface area contributed by atoms with Gasteiger partial charge in [0.1, 0.15) is 0 Å². The smallest absolute Gasteiger partial charge is 0.191 e. The maximum Gasteiger partial charge on any atom is 0.191 e. The SMILES string of the molecule is NCCCCCCCCCCN=C(NC1CCCCC1)NC1CCCCC1. The van der Waals surface area contributed by atoms with E-state index in [2.05, 4.69) is 10.6 Å². The molecule has 0 radical (unpaired) electrons. The third-order valence-electron chi connectivity index (χ3n) is 6.27. The van der Waals surface area contributed by atoms with Gasteiger partial charge in [0, 0.05) is 18.6 Å². The minimum absolute atomic E-state index is 0.641. The molecular weight excluding hydrogens is 332 g/mol. The van der Waals surface area contributed by atoms with Crippen LogP contribution in [0, 0.1) is 0 Å². The van der Waals surface area contributed by atoms with Gasteiger partial charge in [0.25, 0.3) is 0 Å². The summed E-state index contributed by atoms with van der Waals surface area (Å²) in [6, 6.07) is 1.28. The van der Waals surface area contributed by atoms with Crippen molar-refractivity contribution in [3.8, 4) is 0 Å². The molecule has 158 valence electrons. The summed E-state index contributed by atoms with van der Waals surface area (Å²) in [6.07, 6.45) is 24.1. The van der Waals surface area contributed by atoms with Crippen molar-refractivity contribution < 1.29 is 0 Å². The molecule has 0 unspecified atom stereocenters. The lowest BCUT2D eigenvalue weighted by Crippen LogP contribution is -2.48. The van der Waals surface area contributed by atoms with Crippen LogP contribution < -0.4 is 16.4 Å². The Morgan fingerprint density at radius 3 is 1.56 bits per heavy atom. The molecule has 0 heterocycles. The normalized spacial score (nSPS) is 19.0. The lowest BCUT2D eigenvalue weighted by molar-refractivity contribution is 0.388. The number of hydrogen-bond acceptors (Lipinski definition) is 2. The molecule has 0 aromatic carbocycles. The van der Waals surface area contributed by atoms with E-state index in [1.807, 2.05) is 0 Å². The molecule has 0 aromatic heterocycles. The first kappa shape index (κ1) is 22.5. The van der Waals surface area contributed by atoms with Gasteiger partial charge in [-0.1, -0.05) is 77.0 Å². The average molecular weight is 379 g/mol. The van der Waals surface area contributed by atoms with E-state index in [1.165, 1.54) is 116 Å². The summed E-state index contributed by atoms with van der Waals surface area (Å²) in [5.74, 6) is 1.11. The Balaban J connectivity index is 1.63. The highest BCUT2D eigenvalue weighted by Gasteiger charge is 2.18. The Morgan fingerprint density at radius 1 is 0.630 bits per heavy atom. The molecule has 0 amide bonds. The van der Waals surface area contributed by atoms with Crippen LogP contribution in [0.4, 0.5) is 0 Å². The van der Waals surface area contributed by atoms with Gasteiger partial charge in [-0.3, -0.25) is 4.99 Å². The van der Waals surface area contributed by atoms with Crippen molar-refractivity contribution in [1.82, 2.24) is 10.6 Å². The third kappa shape index (κ3) is 11.0. The number of nitrogens with one attached hydrogen (secondary N) is 2. The number of nitrogens with zero attached hydrogens (tertiary/aromatic N) is 1. The first-order valence-electron chi connectivity index (χ1n) is 12.2. The first-order chi connectivity index (χ1) is 13.4. The van der Waals surface area contributed by atoms with E-state index in [0.29, 0.717) is 12.1 Å². The van der Waals surface area contributed by atoms with Gasteiger partial charge in [0.05, 0.1) is 0 Å². The van der Waals surface area contributed by atoms with Gasteiger partial charge in [-0.05, 0) is 45.1 Å². The maximum absolute atomic E-state index is 5.54. The maximum atomic E-state index is 5.54. The number of aliphatic imine (C=N–C) groups is 1. The summed E-state index contributed by atoms with van der Waals surface area (Å²) < 4.78 is 0. The molecule has 0 spiro atoms. The monoisotopic (exact) mass is 378 g/mol. The first-order valence-corrected chi connectivity index (χ1v) is 12.2. The molecule has 2 aliphatic carbocycles. The predicted molar refractivity (Wildman–Crippen MR) is 118 cm³/mol. The second kappa shape index (κ2) is 15.2. The molecule has 27 heavy (non-hydrogen) atoms. The molecule has 4 nitrogen and oxygen atoms in total. The number of guanidine groups is 1. The van der Waals surface area contributed by atoms with Crippen molar-refractivity contribution in [1.29, 1.82) is 0 Å². The highest BCUT2D eigenvalue weighted by Crippen LogP contribution is 2.19. The number of hydrogen-bond donors (Lipinski definition) is 3. The molecule has 0 atom stereocenters. The van der Waals surface area contributed by atoms with Gasteiger partial charge in [-0.25, -0.2) is 0 Å². The van der Waals surface area contributed by atoms with Crippen LogP contribution in [0.25, 0.3) is 0 Å². The van der Waals surface area contributed by atoms with Crippen molar-refractivity contribution in [3.05, 3.63) is 0 Å². The van der Waals surface area contributed by atoms with Crippen LogP contribution in [-0.2, 0) is 0 Å². The van der Waals surface area contributed by atoms with E-state index in [9.17, 15) is 0 Å². The van der Waals surface area contributed by atoms with Gasteiger partial charge >= 0.3 is 0 Å². The van der Waals surface area contributed by atoms with Crippen LogP contribution in [0.15, 0.2) is 4.99 Å². The zero-order chi connectivity index (χ0) is 19.0. The largest absolute Gasteiger partial charge is 0.354 e. The summed E-state index contributed by atoms with van der Waals surface area (Å²) in [6.45, 7) is 1.83. The molecule has 2 saturated carbocycles. The molecule has 2 fully saturated rings. The quantitative estimate of drug-likeness (QED) is 0.246. The van der Waals surface area contributed by atoms with Crippen molar-refractivity contribution in [2.75, 3.05) is 13.1 Å². The molecule has 2 aliphatic rings. The Bertz CT molecular complexity index is 349. The van der Waals surface area contributed by atoms with Gasteiger partial charge in [0.2, 0.25) is 0 Å². The molecule has 4 heteroatoms. The topological polar surface area (TPSA) is 62.4 Å². The van der Waals surface area contributed by atoms with Crippen LogP contribution in [0.5, 0.6) is 0 Å². The highest BCUT2D eigenvalue weighted by molar-refractivity contribution is 5.80. The number of rotatable bonds is 12. The van der Waals surface area contributed by atoms with Crippen molar-refractivity contribution in [2.45, 2.75) is 128 Å². The van der Waals surface area contributed by atoms with Gasteiger partial charge < -0.3 is 16.4 Å². The second-order valence-corrected chi connectivity index (χ2v) is 8.81. The van der Waals surface area contributed by atoms with Gasteiger partial charge in [-0.15, -0.1) is 0 Å². The van der Waals surface area contributed by atoms with Gasteiger partial charge in [-0.2, -0.15) is 0 Å². The minimum atomic E-state index is 0.641. The summed E-state index contributed by atoms with van der Waals surface area (Å²) in [5.41, 5.74) is 5.54. The summed E-state index contributed by atoms with van der Waals surface area (Å²) in [7, 11) is 0. The lowest BCUT2D eigenvalue weighted by Gasteiger charge is -2.29. The molecule has 0 bridgehead atoms. The fraction of sp³-hybridized carbons (Fsp3) is 0.957. The Kier molecular flexibility index (Phi) is 12.7. The molecule has 4 N–H and O–H groups in total. The van der Waals surface area contributed by atoms with E-state index < -0.39 is 0 Å². The van der Waals surface area contributed by atoms with Crippen LogP contribution in [-0.4, -0.2) is 31.1 Å². The summed E-state index contributed by atoms with van der Waals surface area (Å²) in [4.78, 5) is 4.95. The van der Waals surface area contributed by atoms with Crippen LogP contribution >= 0.6 is 0 Å². The highest BCUT2D eigenvalue weighted by atomic mass is 15.2. The number of nitrogens with two attached hydrogens (primary N) is 1. The fourth-order valence-electron chi connectivity index (χ4n) is 4.52. The fourth-order valence-corrected chi connectivity index (χ4v) is 4.52. The Labute approximate surface area is 168 Å². The average Bonchev–Trinajstić information content (AvgIpc) is 2.71. The van der Waals surface area contributed by atoms with Crippen molar-refractivity contribution in [2.24, 2.45) is 10.7 Å². The summed E-state index contributed by atoms with van der Waals surface area (Å²) >= 11 is 0. The molecule has 0 aromatic rings. The second-order valence-electron chi connectivity index (χ2n) is 8.81. The zero-order valence-electron chi connectivity index (χ0n) is 17.8. The lowest BCUT2D eigenvalue weighted by atomic mass is 9.95. The van der Waals surface area contributed by atoms with Crippen molar-refractivity contribution in [3.63, 3.8) is 0 Å². The molecule has 0 saturated heterocycles. The zero-order valence-corrected chi connectivity index (χ0v) is 17.8. The van der Waals surface area contributed by atoms with Crippen molar-refractivity contribution >= 4 is 5.96 Å². The van der Waals surface area contributed by atoms with E-state index in [-0.39, 0.29) is 0 Å². The van der Waals surface area contributed by atoms with E-state index >= 15 is 0 Å². The number of unbranched alkanes of at least 4 members (excludes halogenated alkanes) is 7. The molecule has 0 aliphatic heterocycles. The Morgan fingerprint density at radius 2 is 1.07 bits per heavy atom.